The summed E-state index contributed by atoms with van der Waals surface area (Å²) in [6.45, 7) is 0. The SMILES string of the molecule is COc1cc2ccccc2cc1C(=O)Nc1ccc(Cl)cc1C(F)(F)F. The molecule has 0 radical (unpaired) electrons. The number of halogens is 4. The summed E-state index contributed by atoms with van der Waals surface area (Å²) in [6, 6.07) is 13.7. The second-order valence-electron chi connectivity index (χ2n) is 5.54. The van der Waals surface area contributed by atoms with Gasteiger partial charge in [0.05, 0.1) is 23.9 Å². The van der Waals surface area contributed by atoms with E-state index in [0.717, 1.165) is 22.9 Å². The maximum atomic E-state index is 13.2. The van der Waals surface area contributed by atoms with E-state index >= 15 is 0 Å². The van der Waals surface area contributed by atoms with Crippen molar-refractivity contribution in [2.75, 3.05) is 12.4 Å². The van der Waals surface area contributed by atoms with Gasteiger partial charge in [-0.05, 0) is 41.1 Å². The zero-order valence-electron chi connectivity index (χ0n) is 13.5. The summed E-state index contributed by atoms with van der Waals surface area (Å²) >= 11 is 5.66. The van der Waals surface area contributed by atoms with Crippen molar-refractivity contribution in [3.63, 3.8) is 0 Å². The van der Waals surface area contributed by atoms with Gasteiger partial charge >= 0.3 is 6.18 Å². The monoisotopic (exact) mass is 379 g/mol. The molecule has 7 heteroatoms. The van der Waals surface area contributed by atoms with Gasteiger partial charge in [-0.2, -0.15) is 13.2 Å². The van der Waals surface area contributed by atoms with Crippen LogP contribution in [0.2, 0.25) is 5.02 Å². The zero-order chi connectivity index (χ0) is 18.9. The molecule has 0 atom stereocenters. The van der Waals surface area contributed by atoms with Gasteiger partial charge in [0.15, 0.2) is 0 Å². The molecule has 0 saturated heterocycles. The first kappa shape index (κ1) is 18.1. The largest absolute Gasteiger partial charge is 0.496 e. The van der Waals surface area contributed by atoms with Crippen molar-refractivity contribution in [2.45, 2.75) is 6.18 Å². The second kappa shape index (κ2) is 6.88. The van der Waals surface area contributed by atoms with Gasteiger partial charge in [0.25, 0.3) is 5.91 Å². The summed E-state index contributed by atoms with van der Waals surface area (Å²) in [5, 5.41) is 3.85. The van der Waals surface area contributed by atoms with Crippen LogP contribution in [0.3, 0.4) is 0 Å². The minimum absolute atomic E-state index is 0.0707. The molecular formula is C19H13ClF3NO2. The number of amides is 1. The van der Waals surface area contributed by atoms with Gasteiger partial charge in [0.1, 0.15) is 5.75 Å². The van der Waals surface area contributed by atoms with Crippen LogP contribution in [0.15, 0.2) is 54.6 Å². The molecule has 0 spiro atoms. The highest BCUT2D eigenvalue weighted by molar-refractivity contribution is 6.30. The van der Waals surface area contributed by atoms with Crippen molar-refractivity contribution in [2.24, 2.45) is 0 Å². The Balaban J connectivity index is 2.03. The third-order valence-electron chi connectivity index (χ3n) is 3.85. The molecule has 0 saturated carbocycles. The lowest BCUT2D eigenvalue weighted by atomic mass is 10.0. The summed E-state index contributed by atoms with van der Waals surface area (Å²) in [7, 11) is 1.39. The quantitative estimate of drug-likeness (QED) is 0.627. The summed E-state index contributed by atoms with van der Waals surface area (Å²) in [5.41, 5.74) is -1.26. The van der Waals surface area contributed by atoms with E-state index in [9.17, 15) is 18.0 Å². The van der Waals surface area contributed by atoms with E-state index in [0.29, 0.717) is 0 Å². The van der Waals surface area contributed by atoms with Gasteiger partial charge in [0.2, 0.25) is 0 Å². The number of fused-ring (bicyclic) bond motifs is 1. The number of carbonyl (C=O) groups excluding carboxylic acids is 1. The van der Waals surface area contributed by atoms with Gasteiger partial charge in [0, 0.05) is 5.02 Å². The van der Waals surface area contributed by atoms with E-state index in [2.05, 4.69) is 5.32 Å². The van der Waals surface area contributed by atoms with Crippen molar-refractivity contribution in [3.05, 3.63) is 70.7 Å². The van der Waals surface area contributed by atoms with E-state index in [1.54, 1.807) is 24.3 Å². The molecule has 3 rings (SSSR count). The number of hydrogen-bond acceptors (Lipinski definition) is 2. The van der Waals surface area contributed by atoms with Crippen LogP contribution >= 0.6 is 11.6 Å². The first-order valence-corrected chi connectivity index (χ1v) is 7.92. The van der Waals surface area contributed by atoms with Crippen LogP contribution < -0.4 is 10.1 Å². The number of ether oxygens (including phenoxy) is 1. The van der Waals surface area contributed by atoms with Gasteiger partial charge < -0.3 is 10.1 Å². The lowest BCUT2D eigenvalue weighted by Crippen LogP contribution is -2.17. The van der Waals surface area contributed by atoms with Crippen molar-refractivity contribution in [3.8, 4) is 5.75 Å². The summed E-state index contributed by atoms with van der Waals surface area (Å²) in [4.78, 5) is 12.6. The van der Waals surface area contributed by atoms with Crippen molar-refractivity contribution < 1.29 is 22.7 Å². The van der Waals surface area contributed by atoms with Crippen LogP contribution in [0.25, 0.3) is 10.8 Å². The molecule has 0 aromatic heterocycles. The number of benzene rings is 3. The van der Waals surface area contributed by atoms with Gasteiger partial charge in [-0.15, -0.1) is 0 Å². The highest BCUT2D eigenvalue weighted by atomic mass is 35.5. The number of nitrogens with one attached hydrogen (secondary N) is 1. The number of methoxy groups -OCH3 is 1. The molecule has 0 bridgehead atoms. The molecule has 0 aliphatic rings. The minimum atomic E-state index is -4.65. The summed E-state index contributed by atoms with van der Waals surface area (Å²) < 4.78 is 44.8. The smallest absolute Gasteiger partial charge is 0.418 e. The third-order valence-corrected chi connectivity index (χ3v) is 4.08. The Morgan fingerprint density at radius 2 is 1.69 bits per heavy atom. The standard InChI is InChI=1S/C19H13ClF3NO2/c1-26-17-9-12-5-3-2-4-11(12)8-14(17)18(25)24-16-7-6-13(20)10-15(16)19(21,22)23/h2-10H,1H3,(H,24,25). The molecule has 134 valence electrons. The van der Waals surface area contributed by atoms with Crippen molar-refractivity contribution >= 4 is 34.0 Å². The minimum Gasteiger partial charge on any atom is -0.496 e. The molecule has 0 aliphatic heterocycles. The molecule has 1 N–H and O–H groups in total. The van der Waals surface area contributed by atoms with E-state index in [-0.39, 0.29) is 22.0 Å². The van der Waals surface area contributed by atoms with Gasteiger partial charge in [-0.1, -0.05) is 35.9 Å². The normalized spacial score (nSPS) is 11.4. The molecule has 0 fully saturated rings. The average molecular weight is 380 g/mol. The van der Waals surface area contributed by atoms with Gasteiger partial charge in [-0.3, -0.25) is 4.79 Å². The molecule has 0 heterocycles. The number of anilines is 1. The van der Waals surface area contributed by atoms with Crippen LogP contribution in [0.4, 0.5) is 18.9 Å². The highest BCUT2D eigenvalue weighted by Crippen LogP contribution is 2.37. The highest BCUT2D eigenvalue weighted by Gasteiger charge is 2.34. The Kier molecular flexibility index (Phi) is 4.78. The summed E-state index contributed by atoms with van der Waals surface area (Å²) in [5.74, 6) is -0.441. The fourth-order valence-electron chi connectivity index (χ4n) is 2.62. The lowest BCUT2D eigenvalue weighted by molar-refractivity contribution is -0.136. The van der Waals surface area contributed by atoms with Crippen LogP contribution in [0.1, 0.15) is 15.9 Å². The first-order chi connectivity index (χ1) is 12.3. The van der Waals surface area contributed by atoms with E-state index in [4.69, 9.17) is 16.3 Å². The number of alkyl halides is 3. The first-order valence-electron chi connectivity index (χ1n) is 7.54. The van der Waals surface area contributed by atoms with E-state index < -0.39 is 17.6 Å². The Morgan fingerprint density at radius 1 is 1.04 bits per heavy atom. The molecule has 0 aliphatic carbocycles. The second-order valence-corrected chi connectivity index (χ2v) is 5.98. The molecule has 1 amide bonds. The molecular weight excluding hydrogens is 367 g/mol. The van der Waals surface area contributed by atoms with E-state index in [1.165, 1.54) is 13.2 Å². The average Bonchev–Trinajstić information content (AvgIpc) is 2.61. The fourth-order valence-corrected chi connectivity index (χ4v) is 2.79. The van der Waals surface area contributed by atoms with Crippen LogP contribution in [0.5, 0.6) is 5.75 Å². The Hall–Kier alpha value is -2.73. The number of rotatable bonds is 3. The Morgan fingerprint density at radius 3 is 2.31 bits per heavy atom. The fraction of sp³-hybridized carbons (Fsp3) is 0.105. The maximum absolute atomic E-state index is 13.2. The number of hydrogen-bond donors (Lipinski definition) is 1. The van der Waals surface area contributed by atoms with Crippen molar-refractivity contribution in [1.82, 2.24) is 0 Å². The molecule has 3 aromatic carbocycles. The predicted molar refractivity (Wildman–Crippen MR) is 94.9 cm³/mol. The topological polar surface area (TPSA) is 38.3 Å². The maximum Gasteiger partial charge on any atom is 0.418 e. The molecule has 0 unspecified atom stereocenters. The molecule has 26 heavy (non-hydrogen) atoms. The Labute approximate surface area is 152 Å². The zero-order valence-corrected chi connectivity index (χ0v) is 14.3. The van der Waals surface area contributed by atoms with Crippen molar-refractivity contribution in [1.29, 1.82) is 0 Å². The molecule has 3 aromatic rings. The van der Waals surface area contributed by atoms with Crippen LogP contribution in [-0.2, 0) is 6.18 Å². The lowest BCUT2D eigenvalue weighted by Gasteiger charge is -2.15. The number of carbonyl (C=O) groups is 1. The van der Waals surface area contributed by atoms with Crippen LogP contribution in [0, 0.1) is 0 Å². The Bertz CT molecular complexity index is 986. The summed E-state index contributed by atoms with van der Waals surface area (Å²) in [6.07, 6.45) is -4.65. The third kappa shape index (κ3) is 3.60. The van der Waals surface area contributed by atoms with Gasteiger partial charge in [-0.25, -0.2) is 0 Å². The van der Waals surface area contributed by atoms with E-state index in [1.807, 2.05) is 12.1 Å². The molecule has 3 nitrogen and oxygen atoms in total. The van der Waals surface area contributed by atoms with Crippen LogP contribution in [-0.4, -0.2) is 13.0 Å². The predicted octanol–water partition coefficient (Wildman–Crippen LogP) is 5.77.